The number of thioether (sulfide) groups is 1. The van der Waals surface area contributed by atoms with Crippen LogP contribution in [0, 0.1) is 0 Å². The number of benzene rings is 1. The molecule has 1 aliphatic heterocycles. The smallest absolute Gasteiger partial charge is 0.220 e. The lowest BCUT2D eigenvalue weighted by atomic mass is 9.72. The Kier molecular flexibility index (Phi) is 5.40. The van der Waals surface area contributed by atoms with Gasteiger partial charge in [0.05, 0.1) is 14.2 Å². The third kappa shape index (κ3) is 2.95. The summed E-state index contributed by atoms with van der Waals surface area (Å²) in [6.45, 7) is 3.58. The predicted octanol–water partition coefficient (Wildman–Crippen LogP) is 4.36. The molecule has 1 aromatic carbocycles. The van der Waals surface area contributed by atoms with Crippen molar-refractivity contribution < 1.29 is 23.7 Å². The average molecular weight is 397 g/mol. The molecule has 142 valence electrons. The van der Waals surface area contributed by atoms with Crippen molar-refractivity contribution in [2.24, 2.45) is 0 Å². The molecule has 1 aliphatic carbocycles. The van der Waals surface area contributed by atoms with Crippen LogP contribution in [0.1, 0.15) is 54.9 Å². The maximum Gasteiger partial charge on any atom is 0.220 e. The monoisotopic (exact) mass is 396 g/mol. The summed E-state index contributed by atoms with van der Waals surface area (Å²) in [7, 11) is 3.12. The van der Waals surface area contributed by atoms with Crippen molar-refractivity contribution in [1.82, 2.24) is 0 Å². The first-order chi connectivity index (χ1) is 12.4. The molecule has 1 heterocycles. The summed E-state index contributed by atoms with van der Waals surface area (Å²) >= 11 is 6.69. The topological polar surface area (TPSA) is 54.0 Å². The molecule has 0 bridgehead atoms. The van der Waals surface area contributed by atoms with E-state index in [1.165, 1.54) is 18.7 Å². The van der Waals surface area contributed by atoms with Crippen molar-refractivity contribution in [1.29, 1.82) is 0 Å². The molecule has 26 heavy (non-hydrogen) atoms. The molecule has 1 saturated carbocycles. The van der Waals surface area contributed by atoms with Crippen LogP contribution in [0.25, 0.3) is 0 Å². The van der Waals surface area contributed by atoms with Crippen LogP contribution >= 0.6 is 24.0 Å². The zero-order chi connectivity index (χ0) is 19.1. The molecule has 1 unspecified atom stereocenters. The lowest BCUT2D eigenvalue weighted by molar-refractivity contribution is -0.0550. The molecule has 3 rings (SSSR count). The summed E-state index contributed by atoms with van der Waals surface area (Å²) < 4.78 is 24.1. The van der Waals surface area contributed by atoms with Gasteiger partial charge in [-0.15, -0.1) is 0 Å². The summed E-state index contributed by atoms with van der Waals surface area (Å²) in [6, 6.07) is 1.79. The van der Waals surface area contributed by atoms with Gasteiger partial charge in [-0.3, -0.25) is 4.79 Å². The van der Waals surface area contributed by atoms with Crippen molar-refractivity contribution in [3.63, 3.8) is 0 Å². The number of methoxy groups -OCH3 is 2. The Balaban J connectivity index is 2.11. The number of thiocarbonyl (C=S) groups is 1. The number of fused-ring (bicyclic) bond motifs is 3. The summed E-state index contributed by atoms with van der Waals surface area (Å²) in [4.78, 5) is 12.2. The van der Waals surface area contributed by atoms with Crippen LogP contribution in [-0.2, 0) is 4.74 Å². The summed E-state index contributed by atoms with van der Waals surface area (Å²) in [6.07, 6.45) is 4.57. The maximum absolute atomic E-state index is 12.2. The van der Waals surface area contributed by atoms with Gasteiger partial charge in [0.15, 0.2) is 5.78 Å². The van der Waals surface area contributed by atoms with Crippen molar-refractivity contribution in [2.45, 2.75) is 50.7 Å². The maximum atomic E-state index is 12.2. The Morgan fingerprint density at radius 2 is 2.08 bits per heavy atom. The fourth-order valence-electron chi connectivity index (χ4n) is 4.20. The average Bonchev–Trinajstić information content (AvgIpc) is 2.92. The molecular weight excluding hydrogens is 372 g/mol. The normalized spacial score (nSPS) is 26.3. The summed E-state index contributed by atoms with van der Waals surface area (Å²) in [5.74, 6) is 1.69. The van der Waals surface area contributed by atoms with E-state index in [-0.39, 0.29) is 17.8 Å². The van der Waals surface area contributed by atoms with E-state index in [1.807, 2.05) is 6.26 Å². The number of hydrogen-bond donors (Lipinski definition) is 0. The minimum absolute atomic E-state index is 0.0693. The third-order valence-electron chi connectivity index (χ3n) is 5.40. The third-order valence-corrected chi connectivity index (χ3v) is 6.42. The van der Waals surface area contributed by atoms with E-state index in [9.17, 15) is 4.79 Å². The van der Waals surface area contributed by atoms with Crippen molar-refractivity contribution in [3.8, 4) is 17.2 Å². The second-order valence-electron chi connectivity index (χ2n) is 6.79. The van der Waals surface area contributed by atoms with E-state index < -0.39 is 5.60 Å². The molecule has 5 nitrogen and oxygen atoms in total. The zero-order valence-corrected chi connectivity index (χ0v) is 17.3. The molecule has 1 fully saturated rings. The van der Waals surface area contributed by atoms with Crippen LogP contribution in [-0.4, -0.2) is 42.3 Å². The van der Waals surface area contributed by atoms with E-state index in [2.05, 4.69) is 6.92 Å². The van der Waals surface area contributed by atoms with Crippen LogP contribution in [0.4, 0.5) is 0 Å². The van der Waals surface area contributed by atoms with Gasteiger partial charge in [-0.2, -0.15) is 0 Å². The lowest BCUT2D eigenvalue weighted by Gasteiger charge is -2.41. The number of carbonyl (C=O) groups excluding carboxylic acids is 1. The van der Waals surface area contributed by atoms with Gasteiger partial charge in [0.1, 0.15) is 34.5 Å². The number of Topliss-reactive ketones (excluding diaryl/α,β-unsaturated/α-hetero) is 1. The largest absolute Gasteiger partial charge is 0.496 e. The molecule has 7 heteroatoms. The predicted molar refractivity (Wildman–Crippen MR) is 106 cm³/mol. The second kappa shape index (κ2) is 7.27. The van der Waals surface area contributed by atoms with Crippen LogP contribution in [0.15, 0.2) is 6.07 Å². The van der Waals surface area contributed by atoms with Crippen molar-refractivity contribution in [2.75, 3.05) is 20.5 Å². The fraction of sp³-hybridized carbons (Fsp3) is 0.579. The van der Waals surface area contributed by atoms with Gasteiger partial charge in [-0.1, -0.05) is 11.8 Å². The van der Waals surface area contributed by atoms with E-state index >= 15 is 0 Å². The van der Waals surface area contributed by atoms with Crippen LogP contribution in [0.2, 0.25) is 0 Å². The van der Waals surface area contributed by atoms with Gasteiger partial charge in [-0.25, -0.2) is 0 Å². The molecule has 0 saturated heterocycles. The van der Waals surface area contributed by atoms with Crippen LogP contribution in [0.5, 0.6) is 17.2 Å². The van der Waals surface area contributed by atoms with Crippen molar-refractivity contribution in [3.05, 3.63) is 17.2 Å². The van der Waals surface area contributed by atoms with E-state index in [0.717, 1.165) is 24.8 Å². The number of rotatable bonds is 4. The summed E-state index contributed by atoms with van der Waals surface area (Å²) in [5.41, 5.74) is 0.835. The molecule has 1 aromatic rings. The molecule has 0 spiro atoms. The van der Waals surface area contributed by atoms with Crippen molar-refractivity contribution >= 4 is 34.1 Å². The second-order valence-corrected chi connectivity index (χ2v) is 8.19. The quantitative estimate of drug-likeness (QED) is 0.554. The molecule has 0 aromatic heterocycles. The van der Waals surface area contributed by atoms with Gasteiger partial charge in [-0.05, 0) is 51.6 Å². The molecule has 3 atom stereocenters. The number of hydrogen-bond acceptors (Lipinski definition) is 7. The van der Waals surface area contributed by atoms with Gasteiger partial charge in [0, 0.05) is 17.5 Å². The molecule has 0 N–H and O–H groups in total. The Labute approximate surface area is 163 Å². The Morgan fingerprint density at radius 3 is 2.65 bits per heavy atom. The highest BCUT2D eigenvalue weighted by molar-refractivity contribution is 8.22. The zero-order valence-electron chi connectivity index (χ0n) is 15.7. The number of ketones is 1. The highest BCUT2D eigenvalue weighted by Crippen LogP contribution is 2.58. The van der Waals surface area contributed by atoms with Gasteiger partial charge >= 0.3 is 0 Å². The highest BCUT2D eigenvalue weighted by Gasteiger charge is 2.55. The van der Waals surface area contributed by atoms with E-state index in [0.29, 0.717) is 27.2 Å². The first kappa shape index (κ1) is 19.3. The highest BCUT2D eigenvalue weighted by atomic mass is 32.2. The SMILES string of the molecule is COc1cc2c(c(OC)c1C(C)=O)[C@@H]1CCCC(OC(=S)SC)[C@]1(C)O2. The molecular formula is C19H24O5S2. The Hall–Kier alpha value is -1.47. The van der Waals surface area contributed by atoms with Crippen LogP contribution < -0.4 is 14.2 Å². The summed E-state index contributed by atoms with van der Waals surface area (Å²) in [5, 5.41) is 0. The van der Waals surface area contributed by atoms with Crippen LogP contribution in [0.3, 0.4) is 0 Å². The Bertz CT molecular complexity index is 748. The van der Waals surface area contributed by atoms with E-state index in [4.69, 9.17) is 31.2 Å². The lowest BCUT2D eigenvalue weighted by Crippen LogP contribution is -2.50. The first-order valence-electron chi connectivity index (χ1n) is 8.60. The first-order valence-corrected chi connectivity index (χ1v) is 10.2. The van der Waals surface area contributed by atoms with Gasteiger partial charge in [0.25, 0.3) is 0 Å². The minimum Gasteiger partial charge on any atom is -0.496 e. The molecule has 0 amide bonds. The molecule has 0 radical (unpaired) electrons. The fourth-order valence-corrected chi connectivity index (χ4v) is 4.53. The number of ether oxygens (including phenoxy) is 4. The van der Waals surface area contributed by atoms with Gasteiger partial charge in [0.2, 0.25) is 4.38 Å². The van der Waals surface area contributed by atoms with Gasteiger partial charge < -0.3 is 18.9 Å². The molecule has 2 aliphatic rings. The standard InChI is InChI=1S/C19H24O5S2/c1-10(20)15-12(21-3)9-13-16(17(15)22-4)11-7-6-8-14(19(11,2)24-13)23-18(25)26-5/h9,11,14H,6-8H2,1-5H3/t11-,14?,19+/m0/s1. The van der Waals surface area contributed by atoms with E-state index in [1.54, 1.807) is 20.3 Å². The number of carbonyl (C=O) groups is 1. The minimum atomic E-state index is -0.561. The Morgan fingerprint density at radius 1 is 1.35 bits per heavy atom.